The molecule has 98 valence electrons. The van der Waals surface area contributed by atoms with E-state index in [4.69, 9.17) is 17.3 Å². The van der Waals surface area contributed by atoms with E-state index in [-0.39, 0.29) is 11.1 Å². The van der Waals surface area contributed by atoms with Crippen molar-refractivity contribution in [3.8, 4) is 0 Å². The molecule has 0 aromatic carbocycles. The molecule has 1 aliphatic heterocycles. The van der Waals surface area contributed by atoms with Gasteiger partial charge in [-0.25, -0.2) is 4.98 Å². The molecule has 0 saturated carbocycles. The Hall–Kier alpha value is -0.940. The van der Waals surface area contributed by atoms with Gasteiger partial charge < -0.3 is 10.6 Å². The van der Waals surface area contributed by atoms with Crippen molar-refractivity contribution < 1.29 is 4.79 Å². The van der Waals surface area contributed by atoms with Gasteiger partial charge in [0.1, 0.15) is 5.15 Å². The van der Waals surface area contributed by atoms with Gasteiger partial charge in [-0.2, -0.15) is 11.8 Å². The number of thioether (sulfide) groups is 1. The van der Waals surface area contributed by atoms with Gasteiger partial charge in [0, 0.05) is 24.1 Å². The van der Waals surface area contributed by atoms with E-state index in [0.29, 0.717) is 16.5 Å². The monoisotopic (exact) mass is 285 g/mol. The highest BCUT2D eigenvalue weighted by Gasteiger charge is 2.25. The van der Waals surface area contributed by atoms with E-state index in [1.807, 2.05) is 16.7 Å². The van der Waals surface area contributed by atoms with Crippen molar-refractivity contribution in [1.82, 2.24) is 9.88 Å². The minimum atomic E-state index is -0.0708. The number of hydrogen-bond donors (Lipinski definition) is 1. The minimum absolute atomic E-state index is 0.0708. The number of nitrogens with two attached hydrogens (primary N) is 1. The third-order valence-corrected chi connectivity index (χ3v) is 4.65. The number of anilines is 1. The lowest BCUT2D eigenvalue weighted by atomic mass is 10.2. The highest BCUT2D eigenvalue weighted by Crippen LogP contribution is 2.24. The van der Waals surface area contributed by atoms with Crippen molar-refractivity contribution in [2.24, 2.45) is 0 Å². The summed E-state index contributed by atoms with van der Waals surface area (Å²) in [6, 6.07) is 1.60. The minimum Gasteiger partial charge on any atom is -0.397 e. The number of rotatable bonds is 2. The molecule has 2 N–H and O–H groups in total. The summed E-state index contributed by atoms with van der Waals surface area (Å²) >= 11 is 7.88. The van der Waals surface area contributed by atoms with Crippen molar-refractivity contribution in [3.63, 3.8) is 0 Å². The molecule has 1 aliphatic rings. The molecule has 1 amide bonds. The zero-order chi connectivity index (χ0) is 13.1. The summed E-state index contributed by atoms with van der Waals surface area (Å²) in [7, 11) is 0. The van der Waals surface area contributed by atoms with Gasteiger partial charge >= 0.3 is 0 Å². The Morgan fingerprint density at radius 3 is 3.22 bits per heavy atom. The predicted molar refractivity (Wildman–Crippen MR) is 76.1 cm³/mol. The SMILES string of the molecule is CCC1CN(C(=O)c2cc(N)cnc2Cl)CCS1. The van der Waals surface area contributed by atoms with Gasteiger partial charge in [0.05, 0.1) is 17.4 Å². The van der Waals surface area contributed by atoms with Crippen LogP contribution in [0.15, 0.2) is 12.3 Å². The molecule has 0 bridgehead atoms. The first-order valence-corrected chi connectivity index (χ1v) is 7.36. The maximum atomic E-state index is 12.4. The fourth-order valence-electron chi connectivity index (χ4n) is 1.94. The maximum Gasteiger partial charge on any atom is 0.257 e. The van der Waals surface area contributed by atoms with Crippen molar-refractivity contribution in [1.29, 1.82) is 0 Å². The predicted octanol–water partition coefficient (Wildman–Crippen LogP) is 2.28. The molecular weight excluding hydrogens is 270 g/mol. The van der Waals surface area contributed by atoms with Gasteiger partial charge in [-0.15, -0.1) is 0 Å². The second-order valence-electron chi connectivity index (χ2n) is 4.26. The van der Waals surface area contributed by atoms with E-state index in [9.17, 15) is 4.79 Å². The smallest absolute Gasteiger partial charge is 0.257 e. The van der Waals surface area contributed by atoms with Crippen LogP contribution >= 0.6 is 23.4 Å². The molecule has 0 aliphatic carbocycles. The Bertz CT molecular complexity index is 455. The van der Waals surface area contributed by atoms with Crippen LogP contribution in [0.3, 0.4) is 0 Å². The molecule has 1 unspecified atom stereocenters. The van der Waals surface area contributed by atoms with Gasteiger partial charge in [-0.3, -0.25) is 4.79 Å². The van der Waals surface area contributed by atoms with Gasteiger partial charge in [0.2, 0.25) is 0 Å². The van der Waals surface area contributed by atoms with Gasteiger partial charge in [0.15, 0.2) is 0 Å². The molecule has 6 heteroatoms. The van der Waals surface area contributed by atoms with Crippen molar-refractivity contribution in [2.75, 3.05) is 24.6 Å². The average molecular weight is 286 g/mol. The summed E-state index contributed by atoms with van der Waals surface area (Å²) < 4.78 is 0. The number of carbonyl (C=O) groups excluding carboxylic acids is 1. The van der Waals surface area contributed by atoms with Crippen LogP contribution in [0, 0.1) is 0 Å². The van der Waals surface area contributed by atoms with Gasteiger partial charge in [-0.1, -0.05) is 18.5 Å². The molecule has 0 spiro atoms. The summed E-state index contributed by atoms with van der Waals surface area (Å²) in [6.07, 6.45) is 2.53. The third kappa shape index (κ3) is 2.90. The van der Waals surface area contributed by atoms with E-state index >= 15 is 0 Å². The van der Waals surface area contributed by atoms with Crippen molar-refractivity contribution >= 4 is 35.0 Å². The van der Waals surface area contributed by atoms with Gasteiger partial charge in [0.25, 0.3) is 5.91 Å². The number of nitrogens with zero attached hydrogens (tertiary/aromatic N) is 2. The first kappa shape index (κ1) is 13.5. The number of carbonyl (C=O) groups is 1. The van der Waals surface area contributed by atoms with Crippen LogP contribution < -0.4 is 5.73 Å². The van der Waals surface area contributed by atoms with E-state index in [0.717, 1.165) is 25.3 Å². The van der Waals surface area contributed by atoms with E-state index < -0.39 is 0 Å². The lowest BCUT2D eigenvalue weighted by Crippen LogP contribution is -2.41. The Morgan fingerprint density at radius 2 is 2.50 bits per heavy atom. The van der Waals surface area contributed by atoms with Gasteiger partial charge in [-0.05, 0) is 12.5 Å². The lowest BCUT2D eigenvalue weighted by Gasteiger charge is -2.32. The van der Waals surface area contributed by atoms with Crippen LogP contribution in [0.1, 0.15) is 23.7 Å². The Kier molecular flexibility index (Phi) is 4.35. The fraction of sp³-hybridized carbons (Fsp3) is 0.500. The molecule has 18 heavy (non-hydrogen) atoms. The molecule has 2 heterocycles. The molecule has 1 atom stereocenters. The topological polar surface area (TPSA) is 59.2 Å². The quantitative estimate of drug-likeness (QED) is 0.847. The van der Waals surface area contributed by atoms with Crippen molar-refractivity contribution in [3.05, 3.63) is 23.0 Å². The van der Waals surface area contributed by atoms with Crippen LogP contribution in [0.5, 0.6) is 0 Å². The van der Waals surface area contributed by atoms with Crippen molar-refractivity contribution in [2.45, 2.75) is 18.6 Å². The molecule has 1 fully saturated rings. The van der Waals surface area contributed by atoms with E-state index in [1.165, 1.54) is 6.20 Å². The molecule has 1 aromatic heterocycles. The molecule has 0 radical (unpaired) electrons. The fourth-order valence-corrected chi connectivity index (χ4v) is 3.30. The Morgan fingerprint density at radius 1 is 1.72 bits per heavy atom. The Balaban J connectivity index is 2.17. The first-order valence-electron chi connectivity index (χ1n) is 5.93. The highest BCUT2D eigenvalue weighted by atomic mass is 35.5. The van der Waals surface area contributed by atoms with Crippen LogP contribution in [-0.4, -0.2) is 39.9 Å². The van der Waals surface area contributed by atoms with E-state index in [2.05, 4.69) is 11.9 Å². The van der Waals surface area contributed by atoms with E-state index in [1.54, 1.807) is 6.07 Å². The lowest BCUT2D eigenvalue weighted by molar-refractivity contribution is 0.0761. The molecular formula is C12H16ClN3OS. The highest BCUT2D eigenvalue weighted by molar-refractivity contribution is 8.00. The summed E-state index contributed by atoms with van der Waals surface area (Å²) in [4.78, 5) is 18.1. The third-order valence-electron chi connectivity index (χ3n) is 2.97. The summed E-state index contributed by atoms with van der Waals surface area (Å²) in [6.45, 7) is 3.66. The standard InChI is InChI=1S/C12H16ClN3OS/c1-2-9-7-16(3-4-18-9)12(17)10-5-8(14)6-15-11(10)13/h5-6,9H,2-4,7,14H2,1H3. The first-order chi connectivity index (χ1) is 8.61. The zero-order valence-electron chi connectivity index (χ0n) is 10.2. The average Bonchev–Trinajstić information content (AvgIpc) is 2.41. The zero-order valence-corrected chi connectivity index (χ0v) is 11.8. The molecule has 2 rings (SSSR count). The number of pyridine rings is 1. The second kappa shape index (κ2) is 5.80. The number of hydrogen-bond acceptors (Lipinski definition) is 4. The molecule has 4 nitrogen and oxygen atoms in total. The van der Waals surface area contributed by atoms with Crippen LogP contribution in [0.2, 0.25) is 5.15 Å². The number of amides is 1. The van der Waals surface area contributed by atoms with Crippen LogP contribution in [0.25, 0.3) is 0 Å². The summed E-state index contributed by atoms with van der Waals surface area (Å²) in [5, 5.41) is 0.732. The maximum absolute atomic E-state index is 12.4. The molecule has 1 aromatic rings. The number of aromatic nitrogens is 1. The Labute approximate surface area is 116 Å². The largest absolute Gasteiger partial charge is 0.397 e. The van der Waals surface area contributed by atoms with Crippen LogP contribution in [0.4, 0.5) is 5.69 Å². The number of halogens is 1. The normalized spacial score (nSPS) is 19.9. The second-order valence-corrected chi connectivity index (χ2v) is 6.03. The summed E-state index contributed by atoms with van der Waals surface area (Å²) in [5.74, 6) is 0.899. The summed E-state index contributed by atoms with van der Waals surface area (Å²) in [5.41, 5.74) is 6.51. The van der Waals surface area contributed by atoms with Crippen LogP contribution in [-0.2, 0) is 0 Å². The number of nitrogen functional groups attached to an aromatic ring is 1. The molecule has 1 saturated heterocycles.